The van der Waals surface area contributed by atoms with E-state index in [2.05, 4.69) is 26.4 Å². The number of para-hydroxylation sites is 1. The summed E-state index contributed by atoms with van der Waals surface area (Å²) >= 11 is 3.32. The van der Waals surface area contributed by atoms with Gasteiger partial charge in [0.1, 0.15) is 0 Å². The number of nitrogens with one attached hydrogen (secondary N) is 1. The van der Waals surface area contributed by atoms with Crippen molar-refractivity contribution in [2.24, 2.45) is 16.8 Å². The second-order valence-electron chi connectivity index (χ2n) is 3.45. The summed E-state index contributed by atoms with van der Waals surface area (Å²) in [5.41, 5.74) is 6.10. The molecule has 1 aromatic rings. The first-order valence-corrected chi connectivity index (χ1v) is 5.92. The molecule has 0 spiro atoms. The van der Waals surface area contributed by atoms with E-state index in [1.165, 1.54) is 0 Å². The van der Waals surface area contributed by atoms with E-state index in [4.69, 9.17) is 10.9 Å². The van der Waals surface area contributed by atoms with E-state index in [9.17, 15) is 4.79 Å². The van der Waals surface area contributed by atoms with Gasteiger partial charge >= 0.3 is 0 Å². The molecule has 0 aromatic heterocycles. The molecule has 4 N–H and O–H groups in total. The second-order valence-corrected chi connectivity index (χ2v) is 4.31. The fourth-order valence-electron chi connectivity index (χ4n) is 1.38. The Labute approximate surface area is 108 Å². The standard InChI is InChI=1S/C11H14BrN3O2/c1-2-7(10(13)15-17)11(16)14-9-6-4-3-5-8(9)12/h3-7,17H,2H2,1H3,(H2,13,15)(H,14,16). The average molecular weight is 300 g/mol. The normalized spacial score (nSPS) is 13.2. The highest BCUT2D eigenvalue weighted by atomic mass is 79.9. The zero-order valence-electron chi connectivity index (χ0n) is 9.35. The van der Waals surface area contributed by atoms with Crippen LogP contribution in [0.1, 0.15) is 13.3 Å². The Balaban J connectivity index is 2.82. The Bertz CT molecular complexity index is 434. The second kappa shape index (κ2) is 6.24. The van der Waals surface area contributed by atoms with Crippen LogP contribution in [0.4, 0.5) is 5.69 Å². The highest BCUT2D eigenvalue weighted by Gasteiger charge is 2.21. The quantitative estimate of drug-likeness (QED) is 0.344. The Hall–Kier alpha value is -1.56. The van der Waals surface area contributed by atoms with E-state index >= 15 is 0 Å². The first-order chi connectivity index (χ1) is 8.10. The largest absolute Gasteiger partial charge is 0.409 e. The van der Waals surface area contributed by atoms with Gasteiger partial charge in [0, 0.05) is 4.47 Å². The number of amidine groups is 1. The van der Waals surface area contributed by atoms with Gasteiger partial charge in [0.2, 0.25) is 5.91 Å². The number of anilines is 1. The summed E-state index contributed by atoms with van der Waals surface area (Å²) in [5.74, 6) is -1.01. The van der Waals surface area contributed by atoms with Crippen LogP contribution in [0.3, 0.4) is 0 Å². The van der Waals surface area contributed by atoms with E-state index in [0.717, 1.165) is 4.47 Å². The number of amides is 1. The zero-order chi connectivity index (χ0) is 12.8. The van der Waals surface area contributed by atoms with Crippen LogP contribution in [0.25, 0.3) is 0 Å². The Kier molecular flexibility index (Phi) is 4.96. The van der Waals surface area contributed by atoms with Crippen LogP contribution in [-0.4, -0.2) is 17.0 Å². The molecule has 1 aromatic carbocycles. The Morgan fingerprint density at radius 2 is 2.24 bits per heavy atom. The van der Waals surface area contributed by atoms with E-state index in [1.54, 1.807) is 13.0 Å². The molecule has 0 saturated heterocycles. The minimum atomic E-state index is -0.632. The minimum Gasteiger partial charge on any atom is -0.409 e. The molecule has 92 valence electrons. The molecule has 1 amide bonds. The molecule has 1 rings (SSSR count). The van der Waals surface area contributed by atoms with Gasteiger partial charge in [-0.1, -0.05) is 24.2 Å². The van der Waals surface area contributed by atoms with E-state index < -0.39 is 5.92 Å². The summed E-state index contributed by atoms with van der Waals surface area (Å²) in [4.78, 5) is 11.9. The first kappa shape index (κ1) is 13.5. The molecule has 0 bridgehead atoms. The predicted molar refractivity (Wildman–Crippen MR) is 70.0 cm³/mol. The van der Waals surface area contributed by atoms with Gasteiger partial charge in [0.05, 0.1) is 11.6 Å². The van der Waals surface area contributed by atoms with Crippen molar-refractivity contribution in [2.45, 2.75) is 13.3 Å². The van der Waals surface area contributed by atoms with Gasteiger partial charge in [-0.25, -0.2) is 0 Å². The van der Waals surface area contributed by atoms with E-state index in [1.807, 2.05) is 18.2 Å². The lowest BCUT2D eigenvalue weighted by Gasteiger charge is -2.14. The van der Waals surface area contributed by atoms with Gasteiger partial charge in [-0.05, 0) is 34.5 Å². The minimum absolute atomic E-state index is 0.0861. The lowest BCUT2D eigenvalue weighted by Crippen LogP contribution is -2.34. The van der Waals surface area contributed by atoms with Gasteiger partial charge in [0.15, 0.2) is 5.84 Å². The fraction of sp³-hybridized carbons (Fsp3) is 0.273. The third kappa shape index (κ3) is 3.45. The summed E-state index contributed by atoms with van der Waals surface area (Å²) in [6.07, 6.45) is 0.464. The summed E-state index contributed by atoms with van der Waals surface area (Å²) in [5, 5.41) is 14.2. The average Bonchev–Trinajstić information content (AvgIpc) is 2.32. The number of benzene rings is 1. The van der Waals surface area contributed by atoms with Crippen molar-refractivity contribution in [3.8, 4) is 0 Å². The number of halogens is 1. The lowest BCUT2D eigenvalue weighted by molar-refractivity contribution is -0.118. The number of hydrogen-bond acceptors (Lipinski definition) is 3. The molecule has 0 saturated carbocycles. The van der Waals surface area contributed by atoms with Gasteiger partial charge in [-0.15, -0.1) is 0 Å². The van der Waals surface area contributed by atoms with Crippen molar-refractivity contribution < 1.29 is 10.0 Å². The Morgan fingerprint density at radius 1 is 1.59 bits per heavy atom. The van der Waals surface area contributed by atoms with Crippen molar-refractivity contribution in [2.75, 3.05) is 5.32 Å². The zero-order valence-corrected chi connectivity index (χ0v) is 10.9. The molecular formula is C11H14BrN3O2. The van der Waals surface area contributed by atoms with Crippen LogP contribution >= 0.6 is 15.9 Å². The number of rotatable bonds is 4. The molecule has 1 atom stereocenters. The summed E-state index contributed by atoms with van der Waals surface area (Å²) in [6.45, 7) is 1.79. The topological polar surface area (TPSA) is 87.7 Å². The maximum Gasteiger partial charge on any atom is 0.235 e. The van der Waals surface area contributed by atoms with E-state index in [-0.39, 0.29) is 11.7 Å². The fourth-order valence-corrected chi connectivity index (χ4v) is 1.76. The SMILES string of the molecule is CCC(C(=O)Nc1ccccc1Br)C(N)=NO. The van der Waals surface area contributed by atoms with Crippen LogP contribution < -0.4 is 11.1 Å². The van der Waals surface area contributed by atoms with Crippen LogP contribution in [0, 0.1) is 5.92 Å². The molecule has 6 heteroatoms. The predicted octanol–water partition coefficient (Wildman–Crippen LogP) is 2.16. The maximum atomic E-state index is 11.9. The van der Waals surface area contributed by atoms with Gasteiger partial charge in [-0.2, -0.15) is 0 Å². The van der Waals surface area contributed by atoms with Crippen molar-refractivity contribution in [3.63, 3.8) is 0 Å². The van der Waals surface area contributed by atoms with Crippen LogP contribution in [0.2, 0.25) is 0 Å². The van der Waals surface area contributed by atoms with E-state index in [0.29, 0.717) is 12.1 Å². The number of hydrogen-bond donors (Lipinski definition) is 3. The molecule has 0 aliphatic heterocycles. The summed E-state index contributed by atoms with van der Waals surface area (Å²) < 4.78 is 0.780. The molecule has 0 heterocycles. The first-order valence-electron chi connectivity index (χ1n) is 5.13. The highest BCUT2D eigenvalue weighted by Crippen LogP contribution is 2.22. The third-order valence-corrected chi connectivity index (χ3v) is 3.02. The Morgan fingerprint density at radius 3 is 2.76 bits per heavy atom. The number of nitrogens with zero attached hydrogens (tertiary/aromatic N) is 1. The molecule has 0 radical (unpaired) electrons. The molecule has 1 unspecified atom stereocenters. The highest BCUT2D eigenvalue weighted by molar-refractivity contribution is 9.10. The van der Waals surface area contributed by atoms with Crippen LogP contribution in [-0.2, 0) is 4.79 Å². The number of nitrogens with two attached hydrogens (primary N) is 1. The van der Waals surface area contributed by atoms with Crippen LogP contribution in [0.15, 0.2) is 33.9 Å². The molecular weight excluding hydrogens is 286 g/mol. The number of carbonyl (C=O) groups is 1. The maximum absolute atomic E-state index is 11.9. The van der Waals surface area contributed by atoms with Gasteiger partial charge in [-0.3, -0.25) is 4.79 Å². The lowest BCUT2D eigenvalue weighted by atomic mass is 10.0. The molecule has 0 fully saturated rings. The summed E-state index contributed by atoms with van der Waals surface area (Å²) in [6, 6.07) is 7.24. The number of carbonyl (C=O) groups excluding carboxylic acids is 1. The molecule has 17 heavy (non-hydrogen) atoms. The van der Waals surface area contributed by atoms with Crippen molar-refractivity contribution in [1.29, 1.82) is 0 Å². The molecule has 0 aliphatic rings. The smallest absolute Gasteiger partial charge is 0.235 e. The number of oxime groups is 1. The monoisotopic (exact) mass is 299 g/mol. The van der Waals surface area contributed by atoms with Crippen LogP contribution in [0.5, 0.6) is 0 Å². The van der Waals surface area contributed by atoms with Crippen molar-refractivity contribution in [3.05, 3.63) is 28.7 Å². The van der Waals surface area contributed by atoms with Gasteiger partial charge in [0.25, 0.3) is 0 Å². The van der Waals surface area contributed by atoms with Crippen molar-refractivity contribution >= 4 is 33.4 Å². The third-order valence-electron chi connectivity index (χ3n) is 2.33. The molecule has 5 nitrogen and oxygen atoms in total. The molecule has 0 aliphatic carbocycles. The summed E-state index contributed by atoms with van der Waals surface area (Å²) in [7, 11) is 0. The van der Waals surface area contributed by atoms with Gasteiger partial charge < -0.3 is 16.3 Å². The van der Waals surface area contributed by atoms with Crippen molar-refractivity contribution in [1.82, 2.24) is 0 Å².